The van der Waals surface area contributed by atoms with Gasteiger partial charge in [0, 0.05) is 32.7 Å². The third-order valence-corrected chi connectivity index (χ3v) is 3.93. The minimum atomic E-state index is 0. The zero-order chi connectivity index (χ0) is 15.5. The molecule has 0 unspecified atom stereocenters. The van der Waals surface area contributed by atoms with Gasteiger partial charge in [-0.05, 0) is 30.9 Å². The van der Waals surface area contributed by atoms with Gasteiger partial charge in [-0.25, -0.2) is 0 Å². The number of benzene rings is 1. The van der Waals surface area contributed by atoms with Crippen LogP contribution in [0.3, 0.4) is 0 Å². The van der Waals surface area contributed by atoms with Crippen molar-refractivity contribution in [1.82, 2.24) is 10.2 Å². The predicted molar refractivity (Wildman–Crippen MR) is 109 cm³/mol. The Morgan fingerprint density at radius 3 is 2.68 bits per heavy atom. The summed E-state index contributed by atoms with van der Waals surface area (Å²) >= 11 is 1.90. The average Bonchev–Trinajstić information content (AvgIpc) is 2.51. The molecule has 0 saturated heterocycles. The van der Waals surface area contributed by atoms with Gasteiger partial charge in [-0.15, -0.1) is 24.0 Å². The molecule has 1 N–H and O–H groups in total. The molecule has 0 radical (unpaired) electrons. The fourth-order valence-electron chi connectivity index (χ4n) is 2.12. The van der Waals surface area contributed by atoms with Crippen LogP contribution in [0.15, 0.2) is 29.3 Å². The van der Waals surface area contributed by atoms with Crippen molar-refractivity contribution in [2.75, 3.05) is 39.8 Å². The number of methoxy groups -OCH3 is 1. The monoisotopic (exact) mass is 437 g/mol. The number of hydrogen-bond donors (Lipinski definition) is 1. The molecular formula is C16H28IN3OS. The molecule has 0 aliphatic heterocycles. The molecule has 22 heavy (non-hydrogen) atoms. The maximum atomic E-state index is 5.40. The van der Waals surface area contributed by atoms with Crippen molar-refractivity contribution in [3.05, 3.63) is 29.8 Å². The number of ether oxygens (including phenoxy) is 1. The predicted octanol–water partition coefficient (Wildman–Crippen LogP) is 3.46. The molecule has 126 valence electrons. The van der Waals surface area contributed by atoms with Crippen LogP contribution in [0.2, 0.25) is 0 Å². The first-order chi connectivity index (χ1) is 10.2. The third kappa shape index (κ3) is 7.58. The molecule has 0 aromatic heterocycles. The lowest BCUT2D eigenvalue weighted by atomic mass is 10.2. The highest BCUT2D eigenvalue weighted by atomic mass is 127. The highest BCUT2D eigenvalue weighted by molar-refractivity contribution is 14.0. The molecule has 6 heteroatoms. The lowest BCUT2D eigenvalue weighted by Crippen LogP contribution is -2.38. The van der Waals surface area contributed by atoms with Gasteiger partial charge in [0.2, 0.25) is 0 Å². The summed E-state index contributed by atoms with van der Waals surface area (Å²) in [5, 5.41) is 3.41. The Balaban J connectivity index is 0.00000441. The van der Waals surface area contributed by atoms with E-state index in [4.69, 9.17) is 4.74 Å². The number of thioether (sulfide) groups is 1. The summed E-state index contributed by atoms with van der Waals surface area (Å²) in [4.78, 5) is 6.46. The van der Waals surface area contributed by atoms with Gasteiger partial charge in [0.15, 0.2) is 5.96 Å². The van der Waals surface area contributed by atoms with Crippen molar-refractivity contribution in [3.63, 3.8) is 0 Å². The zero-order valence-corrected chi connectivity index (χ0v) is 17.1. The molecule has 1 aromatic carbocycles. The number of unbranched alkanes of at least 4 members (excludes halogenated alkanes) is 1. The number of para-hydroxylation sites is 1. The number of rotatable bonds is 8. The Morgan fingerprint density at radius 2 is 2.05 bits per heavy atom. The van der Waals surface area contributed by atoms with Gasteiger partial charge in [0.25, 0.3) is 0 Å². The summed E-state index contributed by atoms with van der Waals surface area (Å²) in [7, 11) is 5.57. The highest BCUT2D eigenvalue weighted by Gasteiger charge is 2.09. The van der Waals surface area contributed by atoms with Gasteiger partial charge >= 0.3 is 0 Å². The summed E-state index contributed by atoms with van der Waals surface area (Å²) in [5.41, 5.74) is 1.16. The topological polar surface area (TPSA) is 36.9 Å². The van der Waals surface area contributed by atoms with E-state index < -0.39 is 0 Å². The normalized spacial score (nSPS) is 10.8. The summed E-state index contributed by atoms with van der Waals surface area (Å²) in [6.07, 6.45) is 4.55. The largest absolute Gasteiger partial charge is 0.496 e. The first-order valence-corrected chi connectivity index (χ1v) is 8.65. The molecular weight excluding hydrogens is 409 g/mol. The van der Waals surface area contributed by atoms with E-state index in [0.717, 1.165) is 30.4 Å². The second-order valence-electron chi connectivity index (χ2n) is 4.84. The number of aliphatic imine (C=N–C) groups is 1. The minimum Gasteiger partial charge on any atom is -0.496 e. The Labute approximate surface area is 156 Å². The minimum absolute atomic E-state index is 0. The van der Waals surface area contributed by atoms with Gasteiger partial charge in [-0.1, -0.05) is 18.2 Å². The molecule has 4 nitrogen and oxygen atoms in total. The van der Waals surface area contributed by atoms with Crippen LogP contribution in [-0.2, 0) is 6.54 Å². The SMILES string of the molecule is CN=C(NCCCCSC)N(C)Cc1ccccc1OC.I. The van der Waals surface area contributed by atoms with Crippen LogP contribution in [0.5, 0.6) is 5.75 Å². The molecule has 0 saturated carbocycles. The van der Waals surface area contributed by atoms with Crippen molar-refractivity contribution in [2.24, 2.45) is 4.99 Å². The standard InChI is InChI=1S/C16H27N3OS.HI/c1-17-16(18-11-7-8-12-21-4)19(2)13-14-9-5-6-10-15(14)20-3;/h5-6,9-10H,7-8,11-13H2,1-4H3,(H,17,18);1H. The van der Waals surface area contributed by atoms with Gasteiger partial charge in [0.05, 0.1) is 7.11 Å². The van der Waals surface area contributed by atoms with E-state index >= 15 is 0 Å². The fourth-order valence-corrected chi connectivity index (χ4v) is 2.61. The highest BCUT2D eigenvalue weighted by Crippen LogP contribution is 2.18. The lowest BCUT2D eigenvalue weighted by Gasteiger charge is -2.23. The zero-order valence-electron chi connectivity index (χ0n) is 14.0. The van der Waals surface area contributed by atoms with Crippen LogP contribution in [0.25, 0.3) is 0 Å². The molecule has 0 amide bonds. The van der Waals surface area contributed by atoms with E-state index in [1.807, 2.05) is 44.1 Å². The smallest absolute Gasteiger partial charge is 0.193 e. The van der Waals surface area contributed by atoms with Crippen LogP contribution in [0, 0.1) is 0 Å². The Morgan fingerprint density at radius 1 is 1.32 bits per heavy atom. The Bertz CT molecular complexity index is 443. The number of nitrogens with zero attached hydrogens (tertiary/aromatic N) is 2. The maximum Gasteiger partial charge on any atom is 0.193 e. The van der Waals surface area contributed by atoms with Crippen LogP contribution in [-0.4, -0.2) is 50.6 Å². The summed E-state index contributed by atoms with van der Waals surface area (Å²) < 4.78 is 5.40. The summed E-state index contributed by atoms with van der Waals surface area (Å²) in [5.74, 6) is 3.06. The Kier molecular flexibility index (Phi) is 12.5. The first-order valence-electron chi connectivity index (χ1n) is 7.25. The van der Waals surface area contributed by atoms with E-state index in [1.54, 1.807) is 7.11 Å². The second-order valence-corrected chi connectivity index (χ2v) is 5.83. The molecule has 0 fully saturated rings. The molecule has 0 atom stereocenters. The van der Waals surface area contributed by atoms with E-state index in [-0.39, 0.29) is 24.0 Å². The van der Waals surface area contributed by atoms with Crippen molar-refractivity contribution < 1.29 is 4.74 Å². The van der Waals surface area contributed by atoms with Crippen molar-refractivity contribution in [1.29, 1.82) is 0 Å². The van der Waals surface area contributed by atoms with Crippen LogP contribution >= 0.6 is 35.7 Å². The van der Waals surface area contributed by atoms with Gasteiger partial charge in [-0.3, -0.25) is 4.99 Å². The van der Waals surface area contributed by atoms with Gasteiger partial charge < -0.3 is 15.0 Å². The van der Waals surface area contributed by atoms with E-state index in [2.05, 4.69) is 27.5 Å². The number of halogens is 1. The Hall–Kier alpha value is -0.630. The summed E-state index contributed by atoms with van der Waals surface area (Å²) in [6.45, 7) is 1.73. The van der Waals surface area contributed by atoms with E-state index in [1.165, 1.54) is 18.6 Å². The maximum absolute atomic E-state index is 5.40. The average molecular weight is 437 g/mol. The molecule has 0 spiro atoms. The molecule has 0 bridgehead atoms. The third-order valence-electron chi connectivity index (χ3n) is 3.23. The lowest BCUT2D eigenvalue weighted by molar-refractivity contribution is 0.396. The van der Waals surface area contributed by atoms with E-state index in [9.17, 15) is 0 Å². The number of nitrogens with one attached hydrogen (secondary N) is 1. The molecule has 0 aliphatic rings. The van der Waals surface area contributed by atoms with Crippen LogP contribution < -0.4 is 10.1 Å². The number of hydrogen-bond acceptors (Lipinski definition) is 3. The van der Waals surface area contributed by atoms with Gasteiger partial charge in [0.1, 0.15) is 5.75 Å². The van der Waals surface area contributed by atoms with Crippen molar-refractivity contribution >= 4 is 41.7 Å². The molecule has 1 rings (SSSR count). The van der Waals surface area contributed by atoms with Crippen molar-refractivity contribution in [2.45, 2.75) is 19.4 Å². The van der Waals surface area contributed by atoms with Gasteiger partial charge in [-0.2, -0.15) is 11.8 Å². The van der Waals surface area contributed by atoms with Crippen LogP contribution in [0.1, 0.15) is 18.4 Å². The van der Waals surface area contributed by atoms with Crippen LogP contribution in [0.4, 0.5) is 0 Å². The molecule has 0 aliphatic carbocycles. The molecule has 0 heterocycles. The summed E-state index contributed by atoms with van der Waals surface area (Å²) in [6, 6.07) is 8.09. The number of guanidine groups is 1. The first kappa shape index (κ1) is 21.4. The van der Waals surface area contributed by atoms with E-state index in [0.29, 0.717) is 0 Å². The fraction of sp³-hybridized carbons (Fsp3) is 0.562. The quantitative estimate of drug-likeness (QED) is 0.293. The van der Waals surface area contributed by atoms with Crippen molar-refractivity contribution in [3.8, 4) is 5.75 Å². The molecule has 1 aromatic rings. The second kappa shape index (κ2) is 12.9.